The summed E-state index contributed by atoms with van der Waals surface area (Å²) in [4.78, 5) is 21.1. The van der Waals surface area contributed by atoms with Crippen LogP contribution in [0.1, 0.15) is 68.2 Å². The molecule has 0 radical (unpaired) electrons. The maximum atomic E-state index is 5.68. The van der Waals surface area contributed by atoms with Gasteiger partial charge < -0.3 is 0 Å². The molecule has 3 heterocycles. The Morgan fingerprint density at radius 3 is 1.96 bits per heavy atom. The summed E-state index contributed by atoms with van der Waals surface area (Å²) in [6, 6.07) is 44.7. The normalized spacial score (nSPS) is 24.2. The SMILES string of the molecule is CC1(C)c2ccccc2-c2cc3c(c(-c4nc(-c5ccccc5)cc(-c5cnc6c(ccc7cccnc76)c5)n4)c21)-c1ccccc1C31C2CC3CC(C2)CC1C3. The Morgan fingerprint density at radius 2 is 1.18 bits per heavy atom. The first-order valence-electron chi connectivity index (χ1n) is 21.0. The monoisotopic (exact) mass is 734 g/mol. The van der Waals surface area contributed by atoms with Gasteiger partial charge in [-0.25, -0.2) is 9.97 Å². The van der Waals surface area contributed by atoms with E-state index in [0.717, 1.165) is 62.0 Å². The molecule has 4 heteroatoms. The second-order valence-electron chi connectivity index (χ2n) is 18.3. The zero-order valence-corrected chi connectivity index (χ0v) is 32.3. The number of benzene rings is 5. The van der Waals surface area contributed by atoms with Crippen LogP contribution in [0, 0.1) is 23.7 Å². The molecule has 1 spiro atoms. The van der Waals surface area contributed by atoms with Crippen molar-refractivity contribution in [1.29, 1.82) is 0 Å². The Kier molecular flexibility index (Phi) is 6.38. The molecular weight excluding hydrogens is 693 g/mol. The van der Waals surface area contributed by atoms with Gasteiger partial charge in [-0.15, -0.1) is 0 Å². The molecule has 6 aliphatic carbocycles. The lowest BCUT2D eigenvalue weighted by atomic mass is 9.43. The third-order valence-electron chi connectivity index (χ3n) is 15.1. The molecule has 0 N–H and O–H groups in total. The van der Waals surface area contributed by atoms with Gasteiger partial charge in [0.15, 0.2) is 5.82 Å². The van der Waals surface area contributed by atoms with Crippen molar-refractivity contribution in [3.8, 4) is 56.2 Å². The third-order valence-corrected chi connectivity index (χ3v) is 15.1. The van der Waals surface area contributed by atoms with E-state index in [-0.39, 0.29) is 10.8 Å². The quantitative estimate of drug-likeness (QED) is 0.170. The Labute approximate surface area is 333 Å². The molecule has 4 fully saturated rings. The number of pyridine rings is 2. The summed E-state index contributed by atoms with van der Waals surface area (Å²) < 4.78 is 0. The van der Waals surface area contributed by atoms with E-state index in [1.807, 2.05) is 18.5 Å². The summed E-state index contributed by atoms with van der Waals surface area (Å²) in [6.07, 6.45) is 10.7. The second-order valence-corrected chi connectivity index (χ2v) is 18.3. The van der Waals surface area contributed by atoms with E-state index in [2.05, 4.69) is 129 Å². The highest BCUT2D eigenvalue weighted by Gasteiger charge is 2.62. The molecule has 0 saturated heterocycles. The first kappa shape index (κ1) is 32.1. The molecule has 0 aliphatic heterocycles. The van der Waals surface area contributed by atoms with Crippen molar-refractivity contribution in [2.45, 2.75) is 56.8 Å². The predicted octanol–water partition coefficient (Wildman–Crippen LogP) is 12.6. The summed E-state index contributed by atoms with van der Waals surface area (Å²) in [5.41, 5.74) is 18.0. The minimum atomic E-state index is -0.254. The van der Waals surface area contributed by atoms with Gasteiger partial charge in [0.1, 0.15) is 0 Å². The van der Waals surface area contributed by atoms with Crippen molar-refractivity contribution in [2.75, 3.05) is 0 Å². The average Bonchev–Trinajstić information content (AvgIpc) is 3.67. The minimum Gasteiger partial charge on any atom is -0.254 e. The summed E-state index contributed by atoms with van der Waals surface area (Å²) in [6.45, 7) is 4.83. The molecule has 0 atom stereocenters. The highest BCUT2D eigenvalue weighted by Crippen LogP contribution is 2.71. The molecule has 0 unspecified atom stereocenters. The second kappa shape index (κ2) is 11.3. The van der Waals surface area contributed by atoms with Crippen molar-refractivity contribution >= 4 is 21.8 Å². The Hall–Kier alpha value is -6.00. The van der Waals surface area contributed by atoms with Gasteiger partial charge in [-0.1, -0.05) is 111 Å². The lowest BCUT2D eigenvalue weighted by Gasteiger charge is -2.61. The molecule has 3 aromatic heterocycles. The van der Waals surface area contributed by atoms with E-state index in [9.17, 15) is 0 Å². The van der Waals surface area contributed by atoms with Gasteiger partial charge in [0.25, 0.3) is 0 Å². The highest BCUT2D eigenvalue weighted by atomic mass is 14.9. The number of aromatic nitrogens is 4. The van der Waals surface area contributed by atoms with Crippen LogP contribution in [-0.2, 0) is 10.8 Å². The molecule has 4 nitrogen and oxygen atoms in total. The largest absolute Gasteiger partial charge is 0.254 e. The molecule has 14 rings (SSSR count). The number of nitrogens with zero attached hydrogens (tertiary/aromatic N) is 4. The summed E-state index contributed by atoms with van der Waals surface area (Å²) >= 11 is 0. The van der Waals surface area contributed by atoms with Crippen LogP contribution >= 0.6 is 0 Å². The van der Waals surface area contributed by atoms with E-state index in [4.69, 9.17) is 19.9 Å². The topological polar surface area (TPSA) is 51.6 Å². The van der Waals surface area contributed by atoms with Crippen LogP contribution in [0.25, 0.3) is 78.0 Å². The molecule has 0 amide bonds. The van der Waals surface area contributed by atoms with E-state index in [1.165, 1.54) is 71.0 Å². The summed E-state index contributed by atoms with van der Waals surface area (Å²) in [5, 5.41) is 2.14. The lowest BCUT2D eigenvalue weighted by Crippen LogP contribution is -2.55. The lowest BCUT2D eigenvalue weighted by molar-refractivity contribution is -0.0399. The fraction of sp³-hybridized carbons (Fsp3) is 0.245. The molecule has 4 bridgehead atoms. The Balaban J connectivity index is 1.13. The molecule has 5 aromatic carbocycles. The number of hydrogen-bond donors (Lipinski definition) is 0. The van der Waals surface area contributed by atoms with Gasteiger partial charge in [-0.3, -0.25) is 9.97 Å². The fourth-order valence-electron chi connectivity index (χ4n) is 13.1. The molecule has 6 aliphatic rings. The van der Waals surface area contributed by atoms with Gasteiger partial charge in [-0.2, -0.15) is 0 Å². The number of hydrogen-bond acceptors (Lipinski definition) is 4. The maximum Gasteiger partial charge on any atom is 0.161 e. The van der Waals surface area contributed by atoms with Crippen LogP contribution in [0.4, 0.5) is 0 Å². The number of rotatable bonds is 3. The summed E-state index contributed by atoms with van der Waals surface area (Å²) in [5.74, 6) is 3.87. The van der Waals surface area contributed by atoms with E-state index in [0.29, 0.717) is 11.8 Å². The van der Waals surface area contributed by atoms with Crippen molar-refractivity contribution < 1.29 is 0 Å². The van der Waals surface area contributed by atoms with Gasteiger partial charge in [0.2, 0.25) is 0 Å². The summed E-state index contributed by atoms with van der Waals surface area (Å²) in [7, 11) is 0. The van der Waals surface area contributed by atoms with Crippen LogP contribution in [0.2, 0.25) is 0 Å². The zero-order valence-electron chi connectivity index (χ0n) is 32.3. The molecule has 57 heavy (non-hydrogen) atoms. The third kappa shape index (κ3) is 4.23. The minimum absolute atomic E-state index is 0.0176. The van der Waals surface area contributed by atoms with Crippen LogP contribution in [0.5, 0.6) is 0 Å². The molecule has 4 saturated carbocycles. The first-order valence-corrected chi connectivity index (χ1v) is 21.0. The van der Waals surface area contributed by atoms with Crippen LogP contribution in [0.3, 0.4) is 0 Å². The van der Waals surface area contributed by atoms with Gasteiger partial charge in [-0.05, 0) is 125 Å². The van der Waals surface area contributed by atoms with E-state index in [1.54, 1.807) is 11.1 Å². The van der Waals surface area contributed by atoms with Crippen LogP contribution < -0.4 is 0 Å². The average molecular weight is 735 g/mol. The molecule has 8 aromatic rings. The first-order chi connectivity index (χ1) is 28.0. The zero-order chi connectivity index (χ0) is 37.6. The Bertz CT molecular complexity index is 2990. The maximum absolute atomic E-state index is 5.68. The van der Waals surface area contributed by atoms with Crippen LogP contribution in [0.15, 0.2) is 134 Å². The standard InChI is InChI=1S/C53H42N4/c1-52(2)41-16-8-6-14-38(41)40-27-43-46(39-15-7-9-17-42(39)53(43)36-22-30-21-31(24-36)25-37(53)23-30)47(48(40)52)51-56-44(32-11-4-3-5-12-32)28-45(57-51)35-26-34-19-18-33-13-10-20-54-49(33)50(34)55-29-35/h3-20,26-31,36-37H,21-25H2,1-2H3. The van der Waals surface area contributed by atoms with Crippen molar-refractivity contribution in [3.05, 3.63) is 156 Å². The smallest absolute Gasteiger partial charge is 0.161 e. The van der Waals surface area contributed by atoms with Crippen LogP contribution in [-0.4, -0.2) is 19.9 Å². The number of fused-ring (bicyclic) bond motifs is 9. The van der Waals surface area contributed by atoms with Gasteiger partial charge in [0.05, 0.1) is 22.4 Å². The predicted molar refractivity (Wildman–Crippen MR) is 230 cm³/mol. The van der Waals surface area contributed by atoms with E-state index < -0.39 is 0 Å². The van der Waals surface area contributed by atoms with E-state index >= 15 is 0 Å². The molecule has 274 valence electrons. The van der Waals surface area contributed by atoms with Crippen molar-refractivity contribution in [2.24, 2.45) is 23.7 Å². The molecular formula is C53H42N4. The van der Waals surface area contributed by atoms with Gasteiger partial charge >= 0.3 is 0 Å². The van der Waals surface area contributed by atoms with Gasteiger partial charge in [0, 0.05) is 50.7 Å². The Morgan fingerprint density at radius 1 is 0.509 bits per heavy atom. The van der Waals surface area contributed by atoms with Crippen molar-refractivity contribution in [3.63, 3.8) is 0 Å². The van der Waals surface area contributed by atoms with Crippen molar-refractivity contribution in [1.82, 2.24) is 19.9 Å². The fourth-order valence-corrected chi connectivity index (χ4v) is 13.1. The highest BCUT2D eigenvalue weighted by molar-refractivity contribution is 6.04.